The third kappa shape index (κ3) is 3.07. The number of phenols is 1. The van der Waals surface area contributed by atoms with Crippen LogP contribution < -0.4 is 0 Å². The molecule has 0 unspecified atom stereocenters. The van der Waals surface area contributed by atoms with Crippen molar-refractivity contribution in [3.63, 3.8) is 0 Å². The fraction of sp³-hybridized carbons (Fsp3) is 0.708. The average Bonchev–Trinajstić information content (AvgIpc) is 2.97. The molecule has 0 aliphatic heterocycles. The maximum absolute atomic E-state index is 12.1. The third-order valence-electron chi connectivity index (χ3n) is 8.22. The van der Waals surface area contributed by atoms with E-state index >= 15 is 0 Å². The second-order valence-corrected chi connectivity index (χ2v) is 9.28. The molecule has 148 valence electrons. The average molecular weight is 371 g/mol. The molecule has 0 spiro atoms. The van der Waals surface area contributed by atoms with E-state index in [-0.39, 0.29) is 11.4 Å². The Hall–Kier alpha value is -1.51. The van der Waals surface area contributed by atoms with E-state index in [0.29, 0.717) is 30.6 Å². The summed E-state index contributed by atoms with van der Waals surface area (Å²) in [5.41, 5.74) is 4.26. The summed E-state index contributed by atoms with van der Waals surface area (Å²) < 4.78 is 5.26. The van der Waals surface area contributed by atoms with E-state index in [1.807, 2.05) is 13.0 Å². The van der Waals surface area contributed by atoms with E-state index in [0.717, 1.165) is 30.2 Å². The van der Waals surface area contributed by atoms with Crippen LogP contribution in [0.2, 0.25) is 0 Å². The van der Waals surface area contributed by atoms with Gasteiger partial charge in [0.15, 0.2) is 0 Å². The second kappa shape index (κ2) is 7.14. The van der Waals surface area contributed by atoms with Crippen molar-refractivity contribution >= 4 is 5.97 Å². The van der Waals surface area contributed by atoms with Gasteiger partial charge in [-0.3, -0.25) is 4.79 Å². The minimum absolute atomic E-state index is 0.0106. The van der Waals surface area contributed by atoms with Crippen molar-refractivity contribution in [2.24, 2.45) is 23.2 Å². The second-order valence-electron chi connectivity index (χ2n) is 9.28. The Morgan fingerprint density at radius 2 is 2.04 bits per heavy atom. The molecule has 3 aliphatic carbocycles. The monoisotopic (exact) mass is 370 g/mol. The lowest BCUT2D eigenvalue weighted by molar-refractivity contribution is -0.145. The van der Waals surface area contributed by atoms with E-state index < -0.39 is 0 Å². The first-order chi connectivity index (χ1) is 13.0. The summed E-state index contributed by atoms with van der Waals surface area (Å²) >= 11 is 0. The van der Waals surface area contributed by atoms with Crippen LogP contribution in [-0.4, -0.2) is 17.7 Å². The van der Waals surface area contributed by atoms with Gasteiger partial charge in [-0.1, -0.05) is 19.9 Å². The number of aromatic hydroxyl groups is 1. The van der Waals surface area contributed by atoms with Gasteiger partial charge in [0.25, 0.3) is 0 Å². The maximum atomic E-state index is 12.1. The molecule has 0 heterocycles. The smallest absolute Gasteiger partial charge is 0.306 e. The van der Waals surface area contributed by atoms with Gasteiger partial charge in [-0.05, 0) is 104 Å². The van der Waals surface area contributed by atoms with Crippen LogP contribution in [0, 0.1) is 23.2 Å². The van der Waals surface area contributed by atoms with Gasteiger partial charge in [0.05, 0.1) is 6.61 Å². The third-order valence-corrected chi connectivity index (χ3v) is 8.22. The molecular formula is C24H34O3. The standard InChI is InChI=1S/C24H34O3/c1-4-15-12-20-16(13-22(15)25)6-8-19-18(20)10-11-24(3)17(7-9-21(19)24)14-23(26)27-5-2/h12-13,17-19,21,25H,4-11,14H2,1-3H3/t17-,18+,19-,21+,24-/m1/s1. The number of phenolic OH excluding ortho intramolecular Hbond substituents is 1. The summed E-state index contributed by atoms with van der Waals surface area (Å²) in [6.45, 7) is 6.95. The minimum atomic E-state index is -0.0106. The number of fused-ring (bicyclic) bond motifs is 5. The number of carbonyl (C=O) groups is 1. The Morgan fingerprint density at radius 3 is 2.78 bits per heavy atom. The summed E-state index contributed by atoms with van der Waals surface area (Å²) in [5.74, 6) is 3.05. The van der Waals surface area contributed by atoms with Crippen molar-refractivity contribution in [3.05, 3.63) is 28.8 Å². The highest BCUT2D eigenvalue weighted by Crippen LogP contribution is 2.63. The molecule has 5 atom stereocenters. The molecule has 1 aromatic carbocycles. The number of carbonyl (C=O) groups excluding carboxylic acids is 1. The predicted octanol–water partition coefficient (Wildman–Crippen LogP) is 5.38. The van der Waals surface area contributed by atoms with Gasteiger partial charge in [-0.2, -0.15) is 0 Å². The van der Waals surface area contributed by atoms with E-state index in [4.69, 9.17) is 4.74 Å². The summed E-state index contributed by atoms with van der Waals surface area (Å²) in [6.07, 6.45) is 8.67. The van der Waals surface area contributed by atoms with Gasteiger partial charge < -0.3 is 9.84 Å². The largest absolute Gasteiger partial charge is 0.508 e. The Balaban J connectivity index is 1.58. The fourth-order valence-electron chi connectivity index (χ4n) is 6.80. The molecular weight excluding hydrogens is 336 g/mol. The van der Waals surface area contributed by atoms with Crippen molar-refractivity contribution in [1.29, 1.82) is 0 Å². The lowest BCUT2D eigenvalue weighted by Crippen LogP contribution is -2.42. The number of rotatable bonds is 4. The molecule has 27 heavy (non-hydrogen) atoms. The molecule has 3 nitrogen and oxygen atoms in total. The first-order valence-corrected chi connectivity index (χ1v) is 11.0. The molecule has 4 rings (SSSR count). The van der Waals surface area contributed by atoms with Crippen LogP contribution >= 0.6 is 0 Å². The molecule has 1 N–H and O–H groups in total. The summed E-state index contributed by atoms with van der Waals surface area (Å²) in [7, 11) is 0. The SMILES string of the molecule is CCOC(=O)C[C@H]1CC[C@H]2[C@@H]3CCc4cc(O)c(CC)cc4[C@H]3CC[C@]12C. The van der Waals surface area contributed by atoms with Gasteiger partial charge >= 0.3 is 5.97 Å². The fourth-order valence-corrected chi connectivity index (χ4v) is 6.80. The molecule has 3 aliphatic rings. The van der Waals surface area contributed by atoms with Crippen molar-refractivity contribution in [1.82, 2.24) is 0 Å². The van der Waals surface area contributed by atoms with Crippen LogP contribution in [0.5, 0.6) is 5.75 Å². The van der Waals surface area contributed by atoms with Crippen molar-refractivity contribution < 1.29 is 14.6 Å². The van der Waals surface area contributed by atoms with Crippen molar-refractivity contribution in [3.8, 4) is 5.75 Å². The summed E-state index contributed by atoms with van der Waals surface area (Å²) in [6, 6.07) is 4.34. The normalized spacial score (nSPS) is 34.5. The molecule has 0 amide bonds. The molecule has 0 aromatic heterocycles. The van der Waals surface area contributed by atoms with E-state index in [2.05, 4.69) is 19.9 Å². The van der Waals surface area contributed by atoms with E-state index in [1.165, 1.54) is 43.2 Å². The van der Waals surface area contributed by atoms with E-state index in [9.17, 15) is 9.90 Å². The summed E-state index contributed by atoms with van der Waals surface area (Å²) in [4.78, 5) is 12.1. The highest BCUT2D eigenvalue weighted by molar-refractivity contribution is 5.69. The number of hydrogen-bond donors (Lipinski definition) is 1. The van der Waals surface area contributed by atoms with Crippen LogP contribution in [0.3, 0.4) is 0 Å². The Labute approximate surface area is 163 Å². The van der Waals surface area contributed by atoms with Crippen LogP contribution in [0.15, 0.2) is 12.1 Å². The highest BCUT2D eigenvalue weighted by Gasteiger charge is 2.55. The van der Waals surface area contributed by atoms with Crippen LogP contribution in [0.25, 0.3) is 0 Å². The maximum Gasteiger partial charge on any atom is 0.306 e. The Kier molecular flexibility index (Phi) is 4.98. The van der Waals surface area contributed by atoms with Crippen molar-refractivity contribution in [2.45, 2.75) is 78.1 Å². The lowest BCUT2D eigenvalue weighted by Gasteiger charge is -2.51. The predicted molar refractivity (Wildman–Crippen MR) is 107 cm³/mol. The zero-order valence-electron chi connectivity index (χ0n) is 17.1. The van der Waals surface area contributed by atoms with Gasteiger partial charge in [0.1, 0.15) is 5.75 Å². The van der Waals surface area contributed by atoms with Crippen LogP contribution in [0.4, 0.5) is 0 Å². The molecule has 0 saturated heterocycles. The molecule has 0 bridgehead atoms. The first kappa shape index (κ1) is 18.8. The zero-order valence-corrected chi connectivity index (χ0v) is 17.1. The van der Waals surface area contributed by atoms with Gasteiger partial charge in [0.2, 0.25) is 0 Å². The number of ether oxygens (including phenoxy) is 1. The van der Waals surface area contributed by atoms with Gasteiger partial charge in [0, 0.05) is 6.42 Å². The molecule has 0 radical (unpaired) electrons. The molecule has 2 fully saturated rings. The van der Waals surface area contributed by atoms with Crippen LogP contribution in [-0.2, 0) is 22.4 Å². The van der Waals surface area contributed by atoms with Crippen LogP contribution in [0.1, 0.15) is 81.9 Å². The van der Waals surface area contributed by atoms with Gasteiger partial charge in [-0.15, -0.1) is 0 Å². The number of esters is 1. The summed E-state index contributed by atoms with van der Waals surface area (Å²) in [5, 5.41) is 10.3. The number of hydrogen-bond acceptors (Lipinski definition) is 3. The van der Waals surface area contributed by atoms with E-state index in [1.54, 1.807) is 0 Å². The first-order valence-electron chi connectivity index (χ1n) is 11.0. The number of aryl methyl sites for hydroxylation is 2. The molecule has 2 saturated carbocycles. The highest BCUT2D eigenvalue weighted by atomic mass is 16.5. The molecule has 1 aromatic rings. The van der Waals surface area contributed by atoms with Crippen molar-refractivity contribution in [2.75, 3.05) is 6.61 Å². The Bertz CT molecular complexity index is 725. The molecule has 3 heteroatoms. The zero-order chi connectivity index (χ0) is 19.2. The van der Waals surface area contributed by atoms with Gasteiger partial charge in [-0.25, -0.2) is 0 Å². The number of benzene rings is 1. The Morgan fingerprint density at radius 1 is 1.22 bits per heavy atom. The quantitative estimate of drug-likeness (QED) is 0.724. The topological polar surface area (TPSA) is 46.5 Å². The minimum Gasteiger partial charge on any atom is -0.508 e. The lowest BCUT2D eigenvalue weighted by atomic mass is 9.54.